The van der Waals surface area contributed by atoms with Gasteiger partial charge in [0, 0.05) is 41.6 Å². The Morgan fingerprint density at radius 3 is 2.56 bits per heavy atom. The standard InChI is InChI=1S/C24H22ClN5O2/c1-32-19-9-5-17(6-10-19)23-20-21(16-3-7-18(25)8-4-16)27-28-22(20)24(31)30(23)13-2-12-29-14-11-26-15-29/h3-11,14-15,23H,2,12-13H2,1H3,(H,27,28). The summed E-state index contributed by atoms with van der Waals surface area (Å²) in [5.74, 6) is 0.731. The smallest absolute Gasteiger partial charge is 0.273 e. The predicted molar refractivity (Wildman–Crippen MR) is 122 cm³/mol. The molecule has 0 fully saturated rings. The summed E-state index contributed by atoms with van der Waals surface area (Å²) in [5.41, 5.74) is 4.13. The number of aromatic nitrogens is 4. The van der Waals surface area contributed by atoms with Crippen molar-refractivity contribution in [2.75, 3.05) is 13.7 Å². The summed E-state index contributed by atoms with van der Waals surface area (Å²) in [6.45, 7) is 1.39. The van der Waals surface area contributed by atoms with Crippen molar-refractivity contribution in [2.45, 2.75) is 19.0 Å². The Morgan fingerprint density at radius 2 is 1.88 bits per heavy atom. The van der Waals surface area contributed by atoms with Crippen LogP contribution in [0.15, 0.2) is 67.3 Å². The van der Waals surface area contributed by atoms with Crippen molar-refractivity contribution >= 4 is 17.5 Å². The third-order valence-corrected chi connectivity index (χ3v) is 6.04. The number of nitrogens with one attached hydrogen (secondary N) is 1. The van der Waals surface area contributed by atoms with Gasteiger partial charge in [-0.05, 0) is 36.2 Å². The maximum atomic E-state index is 13.4. The van der Waals surface area contributed by atoms with Crippen LogP contribution in [0.2, 0.25) is 5.02 Å². The lowest BCUT2D eigenvalue weighted by Gasteiger charge is -2.26. The normalized spacial score (nSPS) is 15.2. The van der Waals surface area contributed by atoms with E-state index < -0.39 is 0 Å². The fraction of sp³-hybridized carbons (Fsp3) is 0.208. The van der Waals surface area contributed by atoms with Gasteiger partial charge >= 0.3 is 0 Å². The molecule has 1 amide bonds. The monoisotopic (exact) mass is 447 g/mol. The Morgan fingerprint density at radius 1 is 1.09 bits per heavy atom. The fourth-order valence-electron chi connectivity index (χ4n) is 4.23. The average Bonchev–Trinajstić information content (AvgIpc) is 3.54. The summed E-state index contributed by atoms with van der Waals surface area (Å²) in [5, 5.41) is 8.15. The van der Waals surface area contributed by atoms with Gasteiger partial charge in [0.2, 0.25) is 0 Å². The number of ether oxygens (including phenoxy) is 1. The van der Waals surface area contributed by atoms with Gasteiger partial charge in [0.25, 0.3) is 5.91 Å². The van der Waals surface area contributed by atoms with Crippen LogP contribution in [0.5, 0.6) is 5.75 Å². The molecule has 1 N–H and O–H groups in total. The van der Waals surface area contributed by atoms with Crippen LogP contribution in [-0.2, 0) is 6.54 Å². The van der Waals surface area contributed by atoms with Crippen molar-refractivity contribution < 1.29 is 9.53 Å². The van der Waals surface area contributed by atoms with E-state index in [1.807, 2.05) is 64.2 Å². The van der Waals surface area contributed by atoms with Gasteiger partial charge < -0.3 is 14.2 Å². The Hall–Kier alpha value is -3.58. The molecule has 1 aliphatic rings. The molecule has 5 rings (SSSR count). The highest BCUT2D eigenvalue weighted by Crippen LogP contribution is 2.43. The number of benzene rings is 2. The van der Waals surface area contributed by atoms with Crippen LogP contribution in [0.25, 0.3) is 11.3 Å². The number of H-pyrrole nitrogens is 1. The molecular weight excluding hydrogens is 426 g/mol. The van der Waals surface area contributed by atoms with Crippen molar-refractivity contribution in [3.8, 4) is 17.0 Å². The zero-order valence-corrected chi connectivity index (χ0v) is 18.3. The predicted octanol–water partition coefficient (Wildman–Crippen LogP) is 4.57. The number of carbonyl (C=O) groups is 1. The first-order valence-corrected chi connectivity index (χ1v) is 10.8. The number of methoxy groups -OCH3 is 1. The zero-order valence-electron chi connectivity index (χ0n) is 17.5. The minimum absolute atomic E-state index is 0.0424. The summed E-state index contributed by atoms with van der Waals surface area (Å²) in [7, 11) is 1.64. The second-order valence-electron chi connectivity index (χ2n) is 7.70. The highest BCUT2D eigenvalue weighted by Gasteiger charge is 2.41. The molecule has 1 atom stereocenters. The van der Waals surface area contributed by atoms with E-state index in [-0.39, 0.29) is 11.9 Å². The quantitative estimate of drug-likeness (QED) is 0.450. The van der Waals surface area contributed by atoms with E-state index in [1.54, 1.807) is 19.6 Å². The van der Waals surface area contributed by atoms with Crippen LogP contribution < -0.4 is 4.74 Å². The fourth-order valence-corrected chi connectivity index (χ4v) is 4.36. The number of hydrogen-bond acceptors (Lipinski definition) is 4. The summed E-state index contributed by atoms with van der Waals surface area (Å²) in [6.07, 6.45) is 6.29. The maximum Gasteiger partial charge on any atom is 0.273 e. The van der Waals surface area contributed by atoms with E-state index in [0.29, 0.717) is 17.3 Å². The Labute approximate surface area is 190 Å². The molecule has 2 aromatic carbocycles. The molecule has 2 aromatic heterocycles. The largest absolute Gasteiger partial charge is 0.497 e. The zero-order chi connectivity index (χ0) is 22.1. The van der Waals surface area contributed by atoms with Crippen molar-refractivity contribution in [3.05, 3.63) is 89.1 Å². The molecule has 0 radical (unpaired) electrons. The second-order valence-corrected chi connectivity index (χ2v) is 8.13. The lowest BCUT2D eigenvalue weighted by molar-refractivity contribution is 0.0739. The van der Waals surface area contributed by atoms with Gasteiger partial charge in [-0.3, -0.25) is 9.89 Å². The summed E-state index contributed by atoms with van der Waals surface area (Å²) in [6, 6.07) is 15.1. The molecule has 32 heavy (non-hydrogen) atoms. The van der Waals surface area contributed by atoms with Crippen LogP contribution in [0.4, 0.5) is 0 Å². The van der Waals surface area contributed by atoms with E-state index in [9.17, 15) is 4.79 Å². The number of aryl methyl sites for hydroxylation is 1. The van der Waals surface area contributed by atoms with Gasteiger partial charge in [-0.2, -0.15) is 5.10 Å². The van der Waals surface area contributed by atoms with Crippen LogP contribution in [-0.4, -0.2) is 44.2 Å². The second kappa shape index (κ2) is 8.51. The molecule has 7 nitrogen and oxygen atoms in total. The first-order chi connectivity index (χ1) is 15.7. The van der Waals surface area contributed by atoms with Crippen molar-refractivity contribution in [1.82, 2.24) is 24.6 Å². The summed E-state index contributed by atoms with van der Waals surface area (Å²) >= 11 is 6.08. The minimum atomic E-state index is -0.240. The highest BCUT2D eigenvalue weighted by molar-refractivity contribution is 6.30. The lowest BCUT2D eigenvalue weighted by Crippen LogP contribution is -2.31. The number of aromatic amines is 1. The van der Waals surface area contributed by atoms with Gasteiger partial charge in [0.1, 0.15) is 11.4 Å². The maximum absolute atomic E-state index is 13.4. The average molecular weight is 448 g/mol. The molecule has 3 heterocycles. The summed E-state index contributed by atoms with van der Waals surface area (Å²) in [4.78, 5) is 19.4. The van der Waals surface area contributed by atoms with Crippen LogP contribution >= 0.6 is 11.6 Å². The SMILES string of the molecule is COc1ccc(C2c3c(-c4ccc(Cl)cc4)n[nH]c3C(=O)N2CCCn2ccnc2)cc1. The number of amides is 1. The molecular formula is C24H22ClN5O2. The van der Waals surface area contributed by atoms with Crippen LogP contribution in [0.3, 0.4) is 0 Å². The Kier molecular flexibility index (Phi) is 5.41. The lowest BCUT2D eigenvalue weighted by atomic mass is 9.96. The van der Waals surface area contributed by atoms with E-state index in [1.165, 1.54) is 0 Å². The third-order valence-electron chi connectivity index (χ3n) is 5.79. The molecule has 1 aliphatic heterocycles. The topological polar surface area (TPSA) is 76.0 Å². The van der Waals surface area contributed by atoms with Crippen molar-refractivity contribution in [1.29, 1.82) is 0 Å². The summed E-state index contributed by atoms with van der Waals surface area (Å²) < 4.78 is 7.34. The van der Waals surface area contributed by atoms with Gasteiger partial charge in [0.15, 0.2) is 0 Å². The molecule has 4 aromatic rings. The molecule has 0 saturated carbocycles. The number of imidazole rings is 1. The molecule has 162 valence electrons. The number of halogens is 1. The van der Waals surface area contributed by atoms with Gasteiger partial charge in [-0.25, -0.2) is 4.98 Å². The van der Waals surface area contributed by atoms with E-state index in [0.717, 1.165) is 41.1 Å². The number of nitrogens with zero attached hydrogens (tertiary/aromatic N) is 4. The molecule has 0 bridgehead atoms. The van der Waals surface area contributed by atoms with E-state index >= 15 is 0 Å². The molecule has 0 saturated heterocycles. The number of rotatable bonds is 7. The van der Waals surface area contributed by atoms with Crippen LogP contribution in [0.1, 0.15) is 34.1 Å². The number of carbonyl (C=O) groups excluding carboxylic acids is 1. The van der Waals surface area contributed by atoms with Crippen molar-refractivity contribution in [2.24, 2.45) is 0 Å². The molecule has 0 aliphatic carbocycles. The Balaban J connectivity index is 1.52. The Bertz CT molecular complexity index is 1220. The van der Waals surface area contributed by atoms with Crippen molar-refractivity contribution in [3.63, 3.8) is 0 Å². The van der Waals surface area contributed by atoms with Gasteiger partial charge in [-0.1, -0.05) is 35.9 Å². The van der Waals surface area contributed by atoms with E-state index in [2.05, 4.69) is 15.2 Å². The molecule has 0 spiro atoms. The number of fused-ring (bicyclic) bond motifs is 1. The van der Waals surface area contributed by atoms with E-state index in [4.69, 9.17) is 16.3 Å². The van der Waals surface area contributed by atoms with Crippen LogP contribution in [0, 0.1) is 0 Å². The first-order valence-electron chi connectivity index (χ1n) is 10.4. The number of hydrogen-bond donors (Lipinski definition) is 1. The van der Waals surface area contributed by atoms with Gasteiger partial charge in [-0.15, -0.1) is 0 Å². The van der Waals surface area contributed by atoms with Gasteiger partial charge in [0.05, 0.1) is 25.2 Å². The first kappa shape index (κ1) is 20.3. The highest BCUT2D eigenvalue weighted by atomic mass is 35.5. The molecule has 8 heteroatoms. The minimum Gasteiger partial charge on any atom is -0.497 e. The third kappa shape index (κ3) is 3.65. The molecule has 1 unspecified atom stereocenters.